The van der Waals surface area contributed by atoms with E-state index in [2.05, 4.69) is 15.3 Å². The number of rotatable bonds is 6. The number of amides is 1. The van der Waals surface area contributed by atoms with Gasteiger partial charge in [0.2, 0.25) is 5.91 Å². The highest BCUT2D eigenvalue weighted by Gasteiger charge is 2.20. The summed E-state index contributed by atoms with van der Waals surface area (Å²) in [5.41, 5.74) is 1.79. The number of anilines is 1. The lowest BCUT2D eigenvalue weighted by Gasteiger charge is -2.09. The standard InChI is InChI=1S/C19H16N4O4S/c1-27-13-3-4-14(21-9-13)15-10-28-19(22-15)23-18(26)12(8-20)6-11-2-5-16(24)17(25)7-11/h2-5,7,9-10,12,24-25H,6H2,1H3,(H,22,23,26). The molecule has 0 aliphatic rings. The van der Waals surface area contributed by atoms with E-state index < -0.39 is 11.8 Å². The lowest BCUT2D eigenvalue weighted by molar-refractivity contribution is -0.118. The first-order chi connectivity index (χ1) is 13.5. The van der Waals surface area contributed by atoms with E-state index in [1.807, 2.05) is 6.07 Å². The van der Waals surface area contributed by atoms with Gasteiger partial charge >= 0.3 is 0 Å². The SMILES string of the molecule is COc1ccc(-c2csc(NC(=O)C(C#N)Cc3ccc(O)c(O)c3)n2)nc1. The summed E-state index contributed by atoms with van der Waals surface area (Å²) in [5, 5.41) is 33.0. The van der Waals surface area contributed by atoms with Crippen molar-refractivity contribution in [1.82, 2.24) is 9.97 Å². The highest BCUT2D eigenvalue weighted by molar-refractivity contribution is 7.14. The third kappa shape index (κ3) is 4.36. The second kappa shape index (κ2) is 8.37. The number of nitriles is 1. The smallest absolute Gasteiger partial charge is 0.243 e. The van der Waals surface area contributed by atoms with Crippen LogP contribution < -0.4 is 10.1 Å². The van der Waals surface area contributed by atoms with Crippen LogP contribution >= 0.6 is 11.3 Å². The largest absolute Gasteiger partial charge is 0.504 e. The van der Waals surface area contributed by atoms with Gasteiger partial charge in [0.15, 0.2) is 16.6 Å². The number of hydrogen-bond donors (Lipinski definition) is 3. The monoisotopic (exact) mass is 396 g/mol. The molecule has 3 rings (SSSR count). The molecule has 1 unspecified atom stereocenters. The van der Waals surface area contributed by atoms with E-state index in [4.69, 9.17) is 4.74 Å². The van der Waals surface area contributed by atoms with Gasteiger partial charge in [0, 0.05) is 5.38 Å². The molecule has 0 spiro atoms. The molecule has 0 saturated carbocycles. The van der Waals surface area contributed by atoms with Crippen LogP contribution in [0.3, 0.4) is 0 Å². The molecule has 0 aliphatic heterocycles. The van der Waals surface area contributed by atoms with Crippen LogP contribution in [0.5, 0.6) is 17.2 Å². The van der Waals surface area contributed by atoms with Gasteiger partial charge in [-0.15, -0.1) is 11.3 Å². The number of thiazole rings is 1. The molecule has 2 heterocycles. The fourth-order valence-electron chi connectivity index (χ4n) is 2.42. The summed E-state index contributed by atoms with van der Waals surface area (Å²) in [7, 11) is 1.55. The number of phenols is 2. The first-order valence-corrected chi connectivity index (χ1v) is 9.05. The maximum Gasteiger partial charge on any atom is 0.243 e. The Morgan fingerprint density at radius 2 is 2.11 bits per heavy atom. The van der Waals surface area contributed by atoms with Gasteiger partial charge in [-0.1, -0.05) is 6.07 Å². The van der Waals surface area contributed by atoms with E-state index >= 15 is 0 Å². The molecule has 0 bridgehead atoms. The van der Waals surface area contributed by atoms with E-state index in [1.165, 1.54) is 23.5 Å². The van der Waals surface area contributed by atoms with Gasteiger partial charge in [0.25, 0.3) is 0 Å². The summed E-state index contributed by atoms with van der Waals surface area (Å²) < 4.78 is 5.07. The third-order valence-electron chi connectivity index (χ3n) is 3.92. The van der Waals surface area contributed by atoms with E-state index in [9.17, 15) is 20.3 Å². The maximum absolute atomic E-state index is 12.4. The second-order valence-corrected chi connectivity index (χ2v) is 6.68. The highest BCUT2D eigenvalue weighted by atomic mass is 32.1. The number of methoxy groups -OCH3 is 1. The molecule has 142 valence electrons. The first kappa shape index (κ1) is 19.1. The number of phenolic OH excluding ortho intramolecular Hbond substituents is 2. The number of nitrogens with one attached hydrogen (secondary N) is 1. The number of carbonyl (C=O) groups is 1. The molecule has 0 aliphatic carbocycles. The third-order valence-corrected chi connectivity index (χ3v) is 4.68. The van der Waals surface area contributed by atoms with Gasteiger partial charge in [0.1, 0.15) is 17.4 Å². The number of pyridine rings is 1. The zero-order valence-corrected chi connectivity index (χ0v) is 15.6. The predicted octanol–water partition coefficient (Wildman–Crippen LogP) is 2.95. The number of carbonyl (C=O) groups excluding carboxylic acids is 1. The van der Waals surface area contributed by atoms with Crippen LogP contribution in [0.1, 0.15) is 5.56 Å². The summed E-state index contributed by atoms with van der Waals surface area (Å²) in [4.78, 5) is 21.0. The number of nitrogens with zero attached hydrogens (tertiary/aromatic N) is 3. The summed E-state index contributed by atoms with van der Waals surface area (Å²) in [6.45, 7) is 0. The Kier molecular flexibility index (Phi) is 5.72. The molecule has 1 atom stereocenters. The molecule has 1 amide bonds. The van der Waals surface area contributed by atoms with Crippen LogP contribution in [0.15, 0.2) is 41.9 Å². The molecule has 8 nitrogen and oxygen atoms in total. The lowest BCUT2D eigenvalue weighted by Crippen LogP contribution is -2.23. The van der Waals surface area contributed by atoms with Crippen molar-refractivity contribution in [3.05, 3.63) is 47.5 Å². The van der Waals surface area contributed by atoms with E-state index in [0.29, 0.717) is 27.8 Å². The molecule has 0 radical (unpaired) electrons. The minimum Gasteiger partial charge on any atom is -0.504 e. The van der Waals surface area contributed by atoms with E-state index in [1.54, 1.807) is 36.9 Å². The Labute approximate surface area is 164 Å². The van der Waals surface area contributed by atoms with Crippen molar-refractivity contribution >= 4 is 22.4 Å². The first-order valence-electron chi connectivity index (χ1n) is 8.17. The van der Waals surface area contributed by atoms with E-state index in [-0.39, 0.29) is 17.9 Å². The van der Waals surface area contributed by atoms with Crippen molar-refractivity contribution in [3.63, 3.8) is 0 Å². The Morgan fingerprint density at radius 3 is 2.75 bits per heavy atom. The minimum absolute atomic E-state index is 0.0917. The lowest BCUT2D eigenvalue weighted by atomic mass is 9.99. The van der Waals surface area contributed by atoms with Crippen LogP contribution in [0.2, 0.25) is 0 Å². The van der Waals surface area contributed by atoms with Gasteiger partial charge < -0.3 is 20.3 Å². The highest BCUT2D eigenvalue weighted by Crippen LogP contribution is 2.27. The summed E-state index contributed by atoms with van der Waals surface area (Å²) in [5.74, 6) is -1.41. The van der Waals surface area contributed by atoms with Crippen molar-refractivity contribution < 1.29 is 19.7 Å². The molecule has 0 saturated heterocycles. The quantitative estimate of drug-likeness (QED) is 0.546. The van der Waals surface area contributed by atoms with Crippen molar-refractivity contribution in [2.45, 2.75) is 6.42 Å². The van der Waals surface area contributed by atoms with Gasteiger partial charge in [0.05, 0.1) is 25.1 Å². The molecule has 2 aromatic heterocycles. The number of ether oxygens (including phenoxy) is 1. The molecule has 0 fully saturated rings. The molecule has 28 heavy (non-hydrogen) atoms. The zero-order valence-electron chi connectivity index (χ0n) is 14.8. The summed E-state index contributed by atoms with van der Waals surface area (Å²) in [6, 6.07) is 9.65. The summed E-state index contributed by atoms with van der Waals surface area (Å²) in [6.07, 6.45) is 1.67. The number of aromatic nitrogens is 2. The fourth-order valence-corrected chi connectivity index (χ4v) is 3.13. The Balaban J connectivity index is 1.68. The average Bonchev–Trinajstić information content (AvgIpc) is 3.17. The Bertz CT molecular complexity index is 1030. The zero-order chi connectivity index (χ0) is 20.1. The van der Waals surface area contributed by atoms with Crippen LogP contribution in [-0.2, 0) is 11.2 Å². The van der Waals surface area contributed by atoms with Crippen LogP contribution in [0.4, 0.5) is 5.13 Å². The van der Waals surface area contributed by atoms with Crippen LogP contribution in [0.25, 0.3) is 11.4 Å². The maximum atomic E-state index is 12.4. The van der Waals surface area contributed by atoms with Gasteiger partial charge in [-0.05, 0) is 36.2 Å². The summed E-state index contributed by atoms with van der Waals surface area (Å²) >= 11 is 1.22. The topological polar surface area (TPSA) is 128 Å². The molecule has 3 N–H and O–H groups in total. The van der Waals surface area contributed by atoms with Crippen molar-refractivity contribution in [2.75, 3.05) is 12.4 Å². The molecule has 9 heteroatoms. The molecule has 3 aromatic rings. The second-order valence-electron chi connectivity index (χ2n) is 5.82. The number of hydrogen-bond acceptors (Lipinski definition) is 8. The van der Waals surface area contributed by atoms with E-state index in [0.717, 1.165) is 0 Å². The fraction of sp³-hybridized carbons (Fsp3) is 0.158. The van der Waals surface area contributed by atoms with Gasteiger partial charge in [-0.3, -0.25) is 9.78 Å². The minimum atomic E-state index is -0.976. The van der Waals surface area contributed by atoms with Gasteiger partial charge in [-0.2, -0.15) is 5.26 Å². The Morgan fingerprint density at radius 1 is 1.29 bits per heavy atom. The predicted molar refractivity (Wildman–Crippen MR) is 103 cm³/mol. The van der Waals surface area contributed by atoms with Crippen LogP contribution in [0, 0.1) is 17.2 Å². The number of benzene rings is 1. The number of aromatic hydroxyl groups is 2. The molecular formula is C19H16N4O4S. The van der Waals surface area contributed by atoms with Crippen molar-refractivity contribution in [3.8, 4) is 34.7 Å². The normalized spacial score (nSPS) is 11.4. The molecular weight excluding hydrogens is 380 g/mol. The Hall–Kier alpha value is -3.64. The van der Waals surface area contributed by atoms with Gasteiger partial charge in [-0.25, -0.2) is 4.98 Å². The van der Waals surface area contributed by atoms with Crippen molar-refractivity contribution in [2.24, 2.45) is 5.92 Å². The average molecular weight is 396 g/mol. The van der Waals surface area contributed by atoms with Crippen LogP contribution in [-0.4, -0.2) is 33.2 Å². The molecule has 1 aromatic carbocycles. The van der Waals surface area contributed by atoms with Crippen molar-refractivity contribution in [1.29, 1.82) is 5.26 Å².